The van der Waals surface area contributed by atoms with Crippen LogP contribution < -0.4 is 14.8 Å². The van der Waals surface area contributed by atoms with Gasteiger partial charge in [-0.1, -0.05) is 6.07 Å². The fourth-order valence-electron chi connectivity index (χ4n) is 1.84. The normalized spacial score (nSPS) is 9.94. The zero-order chi connectivity index (χ0) is 13.0. The number of pyridine rings is 1. The maximum absolute atomic E-state index is 5.31. The first-order valence-corrected chi connectivity index (χ1v) is 5.65. The van der Waals surface area contributed by atoms with E-state index in [-0.39, 0.29) is 0 Å². The zero-order valence-electron chi connectivity index (χ0n) is 10.7. The van der Waals surface area contributed by atoms with Crippen LogP contribution >= 0.6 is 0 Å². The van der Waals surface area contributed by atoms with Gasteiger partial charge < -0.3 is 14.8 Å². The summed E-state index contributed by atoms with van der Waals surface area (Å²) in [4.78, 5) is 4.29. The van der Waals surface area contributed by atoms with Gasteiger partial charge in [-0.25, -0.2) is 4.98 Å². The van der Waals surface area contributed by atoms with Crippen molar-refractivity contribution in [1.82, 2.24) is 4.98 Å². The third-order valence-electron chi connectivity index (χ3n) is 2.74. The Morgan fingerprint density at radius 2 is 1.83 bits per heavy atom. The highest BCUT2D eigenvalue weighted by Crippen LogP contribution is 2.34. The van der Waals surface area contributed by atoms with E-state index in [0.717, 1.165) is 22.7 Å². The molecular weight excluding hydrogens is 228 g/mol. The quantitative estimate of drug-likeness (QED) is 0.898. The van der Waals surface area contributed by atoms with E-state index in [1.54, 1.807) is 20.4 Å². The molecule has 1 aromatic carbocycles. The number of rotatable bonds is 4. The molecule has 1 heterocycles. The first-order valence-electron chi connectivity index (χ1n) is 5.65. The minimum absolute atomic E-state index is 0.709. The van der Waals surface area contributed by atoms with Crippen LogP contribution in [0.1, 0.15) is 0 Å². The minimum atomic E-state index is 0.709. The molecule has 0 atom stereocenters. The number of anilines is 1. The first-order chi connectivity index (χ1) is 8.80. The van der Waals surface area contributed by atoms with E-state index in [0.29, 0.717) is 5.75 Å². The van der Waals surface area contributed by atoms with Gasteiger partial charge >= 0.3 is 0 Å². The fourth-order valence-corrected chi connectivity index (χ4v) is 1.84. The van der Waals surface area contributed by atoms with E-state index in [2.05, 4.69) is 10.3 Å². The fraction of sp³-hybridized carbons (Fsp3) is 0.214. The second-order valence-electron chi connectivity index (χ2n) is 3.72. The average molecular weight is 244 g/mol. The molecule has 0 saturated heterocycles. The molecule has 2 rings (SSSR count). The summed E-state index contributed by atoms with van der Waals surface area (Å²) >= 11 is 0. The molecule has 0 amide bonds. The third-order valence-corrected chi connectivity index (χ3v) is 2.74. The molecule has 0 bridgehead atoms. The van der Waals surface area contributed by atoms with E-state index in [1.807, 2.05) is 37.4 Å². The predicted octanol–water partition coefficient (Wildman–Crippen LogP) is 2.81. The van der Waals surface area contributed by atoms with Crippen molar-refractivity contribution in [2.24, 2.45) is 0 Å². The Balaban J connectivity index is 2.51. The van der Waals surface area contributed by atoms with Crippen LogP contribution in [0.15, 0.2) is 36.5 Å². The van der Waals surface area contributed by atoms with Gasteiger partial charge in [-0.15, -0.1) is 0 Å². The number of hydrogen-bond donors (Lipinski definition) is 1. The van der Waals surface area contributed by atoms with Crippen LogP contribution in [-0.4, -0.2) is 26.3 Å². The summed E-state index contributed by atoms with van der Waals surface area (Å²) in [5, 5.41) is 3.08. The monoisotopic (exact) mass is 244 g/mol. The van der Waals surface area contributed by atoms with E-state index in [4.69, 9.17) is 9.47 Å². The molecule has 0 aliphatic rings. The first kappa shape index (κ1) is 12.2. The van der Waals surface area contributed by atoms with Crippen LogP contribution in [0, 0.1) is 0 Å². The van der Waals surface area contributed by atoms with Crippen molar-refractivity contribution in [3.8, 4) is 22.6 Å². The van der Waals surface area contributed by atoms with Gasteiger partial charge in [-0.05, 0) is 29.8 Å². The molecule has 0 radical (unpaired) electrons. The summed E-state index contributed by atoms with van der Waals surface area (Å²) < 4.78 is 10.5. The maximum atomic E-state index is 5.31. The SMILES string of the molecule is CNc1ncccc1-c1ccc(OC)c(OC)c1. The molecule has 1 N–H and O–H groups in total. The third kappa shape index (κ3) is 2.22. The van der Waals surface area contributed by atoms with Crippen LogP contribution in [0.25, 0.3) is 11.1 Å². The van der Waals surface area contributed by atoms with Gasteiger partial charge in [0.2, 0.25) is 0 Å². The Kier molecular flexibility index (Phi) is 3.67. The van der Waals surface area contributed by atoms with Crippen molar-refractivity contribution in [1.29, 1.82) is 0 Å². The Morgan fingerprint density at radius 3 is 2.50 bits per heavy atom. The molecule has 0 aliphatic heterocycles. The van der Waals surface area contributed by atoms with Crippen LogP contribution in [0.3, 0.4) is 0 Å². The molecule has 4 nitrogen and oxygen atoms in total. The Bertz CT molecular complexity index is 541. The molecule has 18 heavy (non-hydrogen) atoms. The van der Waals surface area contributed by atoms with E-state index in [9.17, 15) is 0 Å². The lowest BCUT2D eigenvalue weighted by Crippen LogP contribution is -1.96. The van der Waals surface area contributed by atoms with Crippen molar-refractivity contribution in [3.05, 3.63) is 36.5 Å². The Labute approximate surface area is 107 Å². The number of ether oxygens (including phenoxy) is 2. The highest BCUT2D eigenvalue weighted by Gasteiger charge is 2.09. The van der Waals surface area contributed by atoms with Crippen LogP contribution in [-0.2, 0) is 0 Å². The summed E-state index contributed by atoms with van der Waals surface area (Å²) in [6.45, 7) is 0. The lowest BCUT2D eigenvalue weighted by Gasteiger charge is -2.11. The van der Waals surface area contributed by atoms with Crippen molar-refractivity contribution in [2.45, 2.75) is 0 Å². The topological polar surface area (TPSA) is 43.4 Å². The van der Waals surface area contributed by atoms with Gasteiger partial charge in [-0.3, -0.25) is 0 Å². The summed E-state index contributed by atoms with van der Waals surface area (Å²) in [6.07, 6.45) is 1.76. The Hall–Kier alpha value is -2.23. The summed E-state index contributed by atoms with van der Waals surface area (Å²) in [6, 6.07) is 9.74. The van der Waals surface area contributed by atoms with Gasteiger partial charge in [0.15, 0.2) is 11.5 Å². The van der Waals surface area contributed by atoms with Crippen LogP contribution in [0.2, 0.25) is 0 Å². The molecule has 1 aromatic heterocycles. The summed E-state index contributed by atoms with van der Waals surface area (Å²) in [5.74, 6) is 2.27. The van der Waals surface area contributed by atoms with Crippen molar-refractivity contribution >= 4 is 5.82 Å². The van der Waals surface area contributed by atoms with Gasteiger partial charge in [-0.2, -0.15) is 0 Å². The summed E-state index contributed by atoms with van der Waals surface area (Å²) in [7, 11) is 5.11. The van der Waals surface area contributed by atoms with Gasteiger partial charge in [0.05, 0.1) is 14.2 Å². The lowest BCUT2D eigenvalue weighted by molar-refractivity contribution is 0.355. The maximum Gasteiger partial charge on any atom is 0.161 e. The molecule has 0 saturated carbocycles. The number of nitrogens with zero attached hydrogens (tertiary/aromatic N) is 1. The molecule has 0 spiro atoms. The minimum Gasteiger partial charge on any atom is -0.493 e. The number of nitrogens with one attached hydrogen (secondary N) is 1. The molecule has 2 aromatic rings. The van der Waals surface area contributed by atoms with E-state index in [1.165, 1.54) is 0 Å². The molecule has 94 valence electrons. The number of benzene rings is 1. The average Bonchev–Trinajstić information content (AvgIpc) is 2.46. The molecular formula is C14H16N2O2. The standard InChI is InChI=1S/C14H16N2O2/c1-15-14-11(5-4-8-16-14)10-6-7-12(17-2)13(9-10)18-3/h4-9H,1-3H3,(H,15,16). The van der Waals surface area contributed by atoms with Crippen LogP contribution in [0.5, 0.6) is 11.5 Å². The predicted molar refractivity (Wildman–Crippen MR) is 72.3 cm³/mol. The highest BCUT2D eigenvalue weighted by molar-refractivity contribution is 5.76. The summed E-state index contributed by atoms with van der Waals surface area (Å²) in [5.41, 5.74) is 2.06. The molecule has 4 heteroatoms. The van der Waals surface area contributed by atoms with Crippen molar-refractivity contribution in [3.63, 3.8) is 0 Å². The second-order valence-corrected chi connectivity index (χ2v) is 3.72. The van der Waals surface area contributed by atoms with E-state index >= 15 is 0 Å². The highest BCUT2D eigenvalue weighted by atomic mass is 16.5. The van der Waals surface area contributed by atoms with Gasteiger partial charge in [0.1, 0.15) is 5.82 Å². The van der Waals surface area contributed by atoms with Gasteiger partial charge in [0, 0.05) is 18.8 Å². The second kappa shape index (κ2) is 5.40. The van der Waals surface area contributed by atoms with Crippen LogP contribution in [0.4, 0.5) is 5.82 Å². The largest absolute Gasteiger partial charge is 0.493 e. The van der Waals surface area contributed by atoms with Gasteiger partial charge in [0.25, 0.3) is 0 Å². The number of aromatic nitrogens is 1. The van der Waals surface area contributed by atoms with E-state index < -0.39 is 0 Å². The lowest BCUT2D eigenvalue weighted by atomic mass is 10.1. The zero-order valence-corrected chi connectivity index (χ0v) is 10.7. The molecule has 0 fully saturated rings. The van der Waals surface area contributed by atoms with Crippen molar-refractivity contribution in [2.75, 3.05) is 26.6 Å². The smallest absolute Gasteiger partial charge is 0.161 e. The Morgan fingerprint density at radius 1 is 1.06 bits per heavy atom. The van der Waals surface area contributed by atoms with Crippen molar-refractivity contribution < 1.29 is 9.47 Å². The number of hydrogen-bond acceptors (Lipinski definition) is 4. The molecule has 0 aliphatic carbocycles. The number of methoxy groups -OCH3 is 2. The molecule has 0 unspecified atom stereocenters.